The van der Waals surface area contributed by atoms with E-state index >= 15 is 0 Å². The molecule has 3 aromatic rings. The Morgan fingerprint density at radius 1 is 1.15 bits per heavy atom. The highest BCUT2D eigenvalue weighted by Crippen LogP contribution is 2.38. The molecule has 1 amide bonds. The summed E-state index contributed by atoms with van der Waals surface area (Å²) in [5.41, 5.74) is 3.06. The third-order valence-electron chi connectivity index (χ3n) is 4.77. The zero-order valence-electron chi connectivity index (χ0n) is 18.5. The van der Waals surface area contributed by atoms with E-state index in [2.05, 4.69) is 32.7 Å². The molecule has 2 aromatic heterocycles. The summed E-state index contributed by atoms with van der Waals surface area (Å²) in [6, 6.07) is 15.2. The number of thioether (sulfide) groups is 1. The van der Waals surface area contributed by atoms with Crippen LogP contribution in [0.1, 0.15) is 34.1 Å². The molecule has 0 saturated carbocycles. The van der Waals surface area contributed by atoms with Crippen molar-refractivity contribution < 1.29 is 9.53 Å². The molecule has 0 aliphatic carbocycles. The number of ether oxygens (including phenoxy) is 1. The van der Waals surface area contributed by atoms with Crippen LogP contribution in [0.25, 0.3) is 11.1 Å². The lowest BCUT2D eigenvalue weighted by molar-refractivity contribution is 0.0958. The van der Waals surface area contributed by atoms with E-state index in [1.165, 1.54) is 11.8 Å². The molecule has 0 unspecified atom stereocenters. The smallest absolute Gasteiger partial charge is 0.269 e. The van der Waals surface area contributed by atoms with Crippen molar-refractivity contribution in [3.05, 3.63) is 65.0 Å². The largest absolute Gasteiger partial charge is 0.497 e. The Balaban J connectivity index is 2.08. The standard InChI is InChI=1S/C24H22N6O2S/c1-4-28-22-18(12-25)21(16-5-7-17(32-3)8-6-16)19(13-26)24(30-22)33-14-15-9-10-29-20(11-15)23(31)27-2/h5-11H,4,14H2,1-3H3,(H,27,31)(H,28,30). The van der Waals surface area contributed by atoms with E-state index in [1.54, 1.807) is 38.6 Å². The van der Waals surface area contributed by atoms with Crippen molar-refractivity contribution in [2.75, 3.05) is 26.0 Å². The SMILES string of the molecule is CCNc1nc(SCc2ccnc(C(=O)NC)c2)c(C#N)c(-c2ccc(OC)cc2)c1C#N. The number of anilines is 1. The second-order valence-corrected chi connectivity index (χ2v) is 7.75. The molecule has 0 atom stereocenters. The summed E-state index contributed by atoms with van der Waals surface area (Å²) >= 11 is 1.36. The molecule has 0 aliphatic rings. The van der Waals surface area contributed by atoms with Gasteiger partial charge in [-0.25, -0.2) is 4.98 Å². The van der Waals surface area contributed by atoms with E-state index in [1.807, 2.05) is 25.1 Å². The van der Waals surface area contributed by atoms with Crippen LogP contribution in [0.15, 0.2) is 47.6 Å². The number of hydrogen-bond donors (Lipinski definition) is 2. The zero-order chi connectivity index (χ0) is 23.8. The number of hydrogen-bond acceptors (Lipinski definition) is 8. The van der Waals surface area contributed by atoms with Crippen LogP contribution < -0.4 is 15.4 Å². The fourth-order valence-corrected chi connectivity index (χ4v) is 4.12. The van der Waals surface area contributed by atoms with Crippen LogP contribution >= 0.6 is 11.8 Å². The minimum absolute atomic E-state index is 0.271. The molecule has 0 bridgehead atoms. The molecule has 9 heteroatoms. The van der Waals surface area contributed by atoms with Gasteiger partial charge in [-0.15, -0.1) is 11.8 Å². The number of amides is 1. The predicted octanol–water partition coefficient (Wildman–Crippen LogP) is 3.98. The average molecular weight is 459 g/mol. The van der Waals surface area contributed by atoms with Crippen molar-refractivity contribution in [2.24, 2.45) is 0 Å². The van der Waals surface area contributed by atoms with Crippen LogP contribution in [0, 0.1) is 22.7 Å². The summed E-state index contributed by atoms with van der Waals surface area (Å²) in [6.45, 7) is 2.48. The first kappa shape index (κ1) is 23.6. The van der Waals surface area contributed by atoms with Gasteiger partial charge in [-0.05, 0) is 42.3 Å². The van der Waals surface area contributed by atoms with E-state index in [-0.39, 0.29) is 5.91 Å². The minimum Gasteiger partial charge on any atom is -0.497 e. The number of nitrogens with one attached hydrogen (secondary N) is 2. The van der Waals surface area contributed by atoms with E-state index in [9.17, 15) is 15.3 Å². The molecular weight excluding hydrogens is 436 g/mol. The predicted molar refractivity (Wildman–Crippen MR) is 127 cm³/mol. The quantitative estimate of drug-likeness (QED) is 0.486. The van der Waals surface area contributed by atoms with Crippen LogP contribution in [0.5, 0.6) is 5.75 Å². The van der Waals surface area contributed by atoms with Gasteiger partial charge in [0, 0.05) is 31.1 Å². The monoisotopic (exact) mass is 458 g/mol. The number of methoxy groups -OCH3 is 1. The molecule has 8 nitrogen and oxygen atoms in total. The van der Waals surface area contributed by atoms with Crippen molar-refractivity contribution in [3.8, 4) is 29.0 Å². The first-order chi connectivity index (χ1) is 16.1. The highest BCUT2D eigenvalue weighted by molar-refractivity contribution is 7.98. The Hall–Kier alpha value is -4.08. The van der Waals surface area contributed by atoms with Crippen LogP contribution in [-0.2, 0) is 5.75 Å². The Bertz CT molecular complexity index is 1250. The molecule has 166 valence electrons. The van der Waals surface area contributed by atoms with Gasteiger partial charge in [0.2, 0.25) is 0 Å². The molecule has 2 heterocycles. The molecule has 1 aromatic carbocycles. The summed E-state index contributed by atoms with van der Waals surface area (Å²) in [7, 11) is 3.13. The van der Waals surface area contributed by atoms with Crippen molar-refractivity contribution in [1.29, 1.82) is 10.5 Å². The Labute approximate surface area is 196 Å². The van der Waals surface area contributed by atoms with Gasteiger partial charge in [0.15, 0.2) is 0 Å². The van der Waals surface area contributed by atoms with E-state index < -0.39 is 0 Å². The summed E-state index contributed by atoms with van der Waals surface area (Å²) in [5, 5.41) is 26.1. The number of nitrogens with zero attached hydrogens (tertiary/aromatic N) is 4. The molecule has 0 fully saturated rings. The summed E-state index contributed by atoms with van der Waals surface area (Å²) in [6.07, 6.45) is 1.57. The average Bonchev–Trinajstić information content (AvgIpc) is 2.86. The lowest BCUT2D eigenvalue weighted by Crippen LogP contribution is -2.19. The first-order valence-electron chi connectivity index (χ1n) is 10.1. The maximum atomic E-state index is 11.9. The number of aromatic nitrogens is 2. The fourth-order valence-electron chi connectivity index (χ4n) is 3.19. The normalized spacial score (nSPS) is 10.1. The molecule has 33 heavy (non-hydrogen) atoms. The van der Waals surface area contributed by atoms with Crippen LogP contribution in [0.4, 0.5) is 5.82 Å². The van der Waals surface area contributed by atoms with Gasteiger partial charge in [-0.3, -0.25) is 9.78 Å². The number of carbonyl (C=O) groups excluding carboxylic acids is 1. The number of pyridine rings is 2. The van der Waals surface area contributed by atoms with Gasteiger partial charge < -0.3 is 15.4 Å². The van der Waals surface area contributed by atoms with E-state index in [0.29, 0.717) is 51.3 Å². The third kappa shape index (κ3) is 5.22. The fraction of sp³-hybridized carbons (Fsp3) is 0.208. The Morgan fingerprint density at radius 2 is 1.88 bits per heavy atom. The number of carbonyl (C=O) groups is 1. The Kier molecular flexibility index (Phi) is 7.85. The van der Waals surface area contributed by atoms with Gasteiger partial charge in [0.05, 0.1) is 12.7 Å². The van der Waals surface area contributed by atoms with Crippen LogP contribution in [0.3, 0.4) is 0 Å². The highest BCUT2D eigenvalue weighted by atomic mass is 32.2. The molecule has 0 radical (unpaired) electrons. The molecular formula is C24H22N6O2S. The second kappa shape index (κ2) is 11.0. The summed E-state index contributed by atoms with van der Waals surface area (Å²) in [4.78, 5) is 20.6. The van der Waals surface area contributed by atoms with Gasteiger partial charge in [0.25, 0.3) is 5.91 Å². The van der Waals surface area contributed by atoms with Crippen LogP contribution in [0.2, 0.25) is 0 Å². The lowest BCUT2D eigenvalue weighted by Gasteiger charge is -2.16. The molecule has 3 rings (SSSR count). The van der Waals surface area contributed by atoms with Crippen molar-refractivity contribution in [2.45, 2.75) is 17.7 Å². The number of nitriles is 2. The lowest BCUT2D eigenvalue weighted by atomic mass is 9.96. The van der Waals surface area contributed by atoms with Crippen molar-refractivity contribution in [3.63, 3.8) is 0 Å². The van der Waals surface area contributed by atoms with Crippen molar-refractivity contribution in [1.82, 2.24) is 15.3 Å². The first-order valence-corrected chi connectivity index (χ1v) is 11.1. The van der Waals surface area contributed by atoms with Gasteiger partial charge in [0.1, 0.15) is 40.0 Å². The molecule has 0 saturated heterocycles. The Morgan fingerprint density at radius 3 is 2.48 bits per heavy atom. The van der Waals surface area contributed by atoms with Gasteiger partial charge in [-0.2, -0.15) is 10.5 Å². The van der Waals surface area contributed by atoms with E-state index in [0.717, 1.165) is 11.1 Å². The summed E-state index contributed by atoms with van der Waals surface area (Å²) < 4.78 is 5.23. The maximum Gasteiger partial charge on any atom is 0.269 e. The maximum absolute atomic E-state index is 11.9. The second-order valence-electron chi connectivity index (χ2n) is 6.79. The highest BCUT2D eigenvalue weighted by Gasteiger charge is 2.22. The minimum atomic E-state index is -0.271. The van der Waals surface area contributed by atoms with Gasteiger partial charge >= 0.3 is 0 Å². The topological polar surface area (TPSA) is 124 Å². The summed E-state index contributed by atoms with van der Waals surface area (Å²) in [5.74, 6) is 1.30. The third-order valence-corrected chi connectivity index (χ3v) is 5.82. The number of rotatable bonds is 8. The molecule has 0 spiro atoms. The van der Waals surface area contributed by atoms with Gasteiger partial charge in [-0.1, -0.05) is 12.1 Å². The zero-order valence-corrected chi connectivity index (χ0v) is 19.3. The van der Waals surface area contributed by atoms with E-state index in [4.69, 9.17) is 4.74 Å². The molecule has 2 N–H and O–H groups in total. The van der Waals surface area contributed by atoms with Crippen LogP contribution in [-0.4, -0.2) is 36.6 Å². The molecule has 0 aliphatic heterocycles. The van der Waals surface area contributed by atoms with Crippen molar-refractivity contribution >= 4 is 23.5 Å². The number of benzene rings is 1.